The highest BCUT2D eigenvalue weighted by Crippen LogP contribution is 2.38. The molecule has 0 N–H and O–H groups in total. The molecule has 120 valence electrons. The van der Waals surface area contributed by atoms with Crippen LogP contribution in [-0.2, 0) is 13.5 Å². The number of nitrogens with zero attached hydrogens (tertiary/aromatic N) is 6. The molecule has 0 radical (unpaired) electrons. The number of halogens is 1. The molecule has 1 aliphatic rings. The summed E-state index contributed by atoms with van der Waals surface area (Å²) >= 11 is 7.80. The normalized spacial score (nSPS) is 21.4. The van der Waals surface area contributed by atoms with Gasteiger partial charge in [0, 0.05) is 35.8 Å². The first-order chi connectivity index (χ1) is 11.1. The van der Waals surface area contributed by atoms with Gasteiger partial charge in [-0.1, -0.05) is 16.8 Å². The molecule has 1 saturated heterocycles. The summed E-state index contributed by atoms with van der Waals surface area (Å²) in [6.45, 7) is 3.26. The minimum absolute atomic E-state index is 0.00693. The lowest BCUT2D eigenvalue weighted by Crippen LogP contribution is -2.43. The zero-order valence-corrected chi connectivity index (χ0v) is 14.6. The number of thiophene rings is 1. The summed E-state index contributed by atoms with van der Waals surface area (Å²) in [5, 5.41) is 11.2. The summed E-state index contributed by atoms with van der Waals surface area (Å²) < 4.78 is 1.69. The topological polar surface area (TPSA) is 59.7 Å². The van der Waals surface area contributed by atoms with Crippen LogP contribution in [0.4, 0.5) is 5.82 Å². The Kier molecular flexibility index (Phi) is 3.50. The van der Waals surface area contributed by atoms with E-state index in [1.54, 1.807) is 22.3 Å². The third kappa shape index (κ3) is 2.48. The van der Waals surface area contributed by atoms with E-state index in [2.05, 4.69) is 38.2 Å². The standard InChI is InChI=1S/C15H17ClN6S/c1-15(7-11-6-10(16)8-23-11)4-3-5-22(15)14-12-13(17-9-18-14)21(2)20-19-12/h6,8-9H,3-5,7H2,1-2H3. The van der Waals surface area contributed by atoms with Gasteiger partial charge in [0.15, 0.2) is 17.0 Å². The molecule has 0 aromatic carbocycles. The van der Waals surface area contributed by atoms with Gasteiger partial charge in [-0.3, -0.25) is 0 Å². The number of hydrogen-bond donors (Lipinski definition) is 0. The van der Waals surface area contributed by atoms with Gasteiger partial charge in [0.25, 0.3) is 0 Å². The van der Waals surface area contributed by atoms with E-state index in [-0.39, 0.29) is 5.54 Å². The highest BCUT2D eigenvalue weighted by Gasteiger charge is 2.39. The molecule has 6 nitrogen and oxygen atoms in total. The molecular weight excluding hydrogens is 332 g/mol. The van der Waals surface area contributed by atoms with Crippen molar-refractivity contribution in [3.63, 3.8) is 0 Å². The zero-order valence-electron chi connectivity index (χ0n) is 13.0. The molecule has 0 spiro atoms. The number of aromatic nitrogens is 5. The van der Waals surface area contributed by atoms with Crippen LogP contribution in [0, 0.1) is 0 Å². The highest BCUT2D eigenvalue weighted by atomic mass is 35.5. The second kappa shape index (κ2) is 5.42. The SMILES string of the molecule is Cn1nnc2c(N3CCCC3(C)Cc3cc(Cl)cs3)ncnc21. The molecule has 0 bridgehead atoms. The first-order valence-corrected chi connectivity index (χ1v) is 8.83. The number of rotatable bonds is 3. The first kappa shape index (κ1) is 14.8. The summed E-state index contributed by atoms with van der Waals surface area (Å²) in [5.74, 6) is 0.880. The highest BCUT2D eigenvalue weighted by molar-refractivity contribution is 7.10. The Morgan fingerprint density at radius 3 is 3.04 bits per heavy atom. The molecule has 3 aromatic rings. The molecule has 1 unspecified atom stereocenters. The van der Waals surface area contributed by atoms with Crippen molar-refractivity contribution in [2.75, 3.05) is 11.4 Å². The predicted octanol–water partition coefficient (Wildman–Crippen LogP) is 3.07. The molecule has 1 fully saturated rings. The number of anilines is 1. The van der Waals surface area contributed by atoms with E-state index in [9.17, 15) is 0 Å². The van der Waals surface area contributed by atoms with E-state index in [0.717, 1.165) is 47.8 Å². The molecule has 4 rings (SSSR count). The van der Waals surface area contributed by atoms with Crippen molar-refractivity contribution in [3.8, 4) is 0 Å². The van der Waals surface area contributed by atoms with Crippen molar-refractivity contribution in [3.05, 3.63) is 27.7 Å². The van der Waals surface area contributed by atoms with Gasteiger partial charge in [0.2, 0.25) is 0 Å². The number of aryl methyl sites for hydroxylation is 1. The smallest absolute Gasteiger partial charge is 0.183 e. The van der Waals surface area contributed by atoms with Gasteiger partial charge < -0.3 is 4.90 Å². The molecule has 3 aromatic heterocycles. The second-order valence-corrected chi connectivity index (χ2v) is 7.67. The summed E-state index contributed by atoms with van der Waals surface area (Å²) in [6, 6.07) is 2.06. The fourth-order valence-corrected chi connectivity index (χ4v) is 4.68. The Morgan fingerprint density at radius 2 is 2.26 bits per heavy atom. The number of fused-ring (bicyclic) bond motifs is 1. The van der Waals surface area contributed by atoms with Crippen LogP contribution in [0.3, 0.4) is 0 Å². The molecule has 4 heterocycles. The Bertz CT molecular complexity index is 859. The van der Waals surface area contributed by atoms with Crippen LogP contribution in [0.2, 0.25) is 5.02 Å². The van der Waals surface area contributed by atoms with E-state index in [1.807, 2.05) is 12.4 Å². The van der Waals surface area contributed by atoms with Crippen LogP contribution in [0.5, 0.6) is 0 Å². The third-order valence-electron chi connectivity index (χ3n) is 4.55. The van der Waals surface area contributed by atoms with E-state index < -0.39 is 0 Å². The maximum absolute atomic E-state index is 6.08. The van der Waals surface area contributed by atoms with Crippen LogP contribution in [0.15, 0.2) is 17.8 Å². The van der Waals surface area contributed by atoms with Crippen molar-refractivity contribution < 1.29 is 0 Å². The minimum atomic E-state index is 0.00693. The van der Waals surface area contributed by atoms with Crippen LogP contribution >= 0.6 is 22.9 Å². The van der Waals surface area contributed by atoms with E-state index in [1.165, 1.54) is 4.88 Å². The quantitative estimate of drug-likeness (QED) is 0.728. The lowest BCUT2D eigenvalue weighted by atomic mass is 9.93. The predicted molar refractivity (Wildman–Crippen MR) is 92.1 cm³/mol. The fraction of sp³-hybridized carbons (Fsp3) is 0.467. The Morgan fingerprint density at radius 1 is 1.39 bits per heavy atom. The van der Waals surface area contributed by atoms with Gasteiger partial charge in [-0.15, -0.1) is 16.4 Å². The zero-order chi connectivity index (χ0) is 16.0. The molecule has 23 heavy (non-hydrogen) atoms. The number of hydrogen-bond acceptors (Lipinski definition) is 6. The molecule has 0 aliphatic carbocycles. The Labute approximate surface area is 143 Å². The lowest BCUT2D eigenvalue weighted by Gasteiger charge is -2.36. The molecule has 0 amide bonds. The van der Waals surface area contributed by atoms with Gasteiger partial charge in [-0.2, -0.15) is 0 Å². The molecule has 8 heteroatoms. The van der Waals surface area contributed by atoms with Crippen molar-refractivity contribution in [1.29, 1.82) is 0 Å². The van der Waals surface area contributed by atoms with Crippen LogP contribution < -0.4 is 4.90 Å². The maximum atomic E-state index is 6.08. The molecule has 1 atom stereocenters. The van der Waals surface area contributed by atoms with Crippen molar-refractivity contribution in [1.82, 2.24) is 25.0 Å². The van der Waals surface area contributed by atoms with Gasteiger partial charge in [0.05, 0.1) is 5.02 Å². The van der Waals surface area contributed by atoms with Gasteiger partial charge in [-0.25, -0.2) is 14.6 Å². The Hall–Kier alpha value is -1.73. The summed E-state index contributed by atoms with van der Waals surface area (Å²) in [7, 11) is 1.85. The lowest BCUT2D eigenvalue weighted by molar-refractivity contribution is 0.466. The summed E-state index contributed by atoms with van der Waals surface area (Å²) in [5.41, 5.74) is 1.54. The molecule has 1 aliphatic heterocycles. The van der Waals surface area contributed by atoms with Crippen molar-refractivity contribution in [2.45, 2.75) is 31.7 Å². The second-order valence-electron chi connectivity index (χ2n) is 6.24. The van der Waals surface area contributed by atoms with Crippen LogP contribution in [0.1, 0.15) is 24.6 Å². The van der Waals surface area contributed by atoms with Crippen molar-refractivity contribution in [2.24, 2.45) is 7.05 Å². The maximum Gasteiger partial charge on any atom is 0.183 e. The third-order valence-corrected chi connectivity index (χ3v) is 5.83. The minimum Gasteiger partial charge on any atom is -0.349 e. The van der Waals surface area contributed by atoms with Gasteiger partial charge in [0.1, 0.15) is 6.33 Å². The first-order valence-electron chi connectivity index (χ1n) is 7.58. The molecule has 0 saturated carbocycles. The monoisotopic (exact) mass is 348 g/mol. The Balaban J connectivity index is 1.74. The van der Waals surface area contributed by atoms with Crippen molar-refractivity contribution >= 4 is 39.9 Å². The van der Waals surface area contributed by atoms with Crippen LogP contribution in [0.25, 0.3) is 11.2 Å². The summed E-state index contributed by atoms with van der Waals surface area (Å²) in [4.78, 5) is 12.5. The van der Waals surface area contributed by atoms with Crippen LogP contribution in [-0.4, -0.2) is 37.0 Å². The molecular formula is C15H17ClN6S. The average molecular weight is 349 g/mol. The van der Waals surface area contributed by atoms with Gasteiger partial charge >= 0.3 is 0 Å². The van der Waals surface area contributed by atoms with E-state index in [4.69, 9.17) is 11.6 Å². The van der Waals surface area contributed by atoms with E-state index >= 15 is 0 Å². The van der Waals surface area contributed by atoms with Gasteiger partial charge in [-0.05, 0) is 25.8 Å². The average Bonchev–Trinajstić information content (AvgIpc) is 3.20. The summed E-state index contributed by atoms with van der Waals surface area (Å²) in [6.07, 6.45) is 4.81. The fourth-order valence-electron chi connectivity index (χ4n) is 3.43. The largest absolute Gasteiger partial charge is 0.349 e. The van der Waals surface area contributed by atoms with E-state index in [0.29, 0.717) is 0 Å².